The second kappa shape index (κ2) is 5.92. The summed E-state index contributed by atoms with van der Waals surface area (Å²) < 4.78 is 0. The highest BCUT2D eigenvalue weighted by Gasteiger charge is 2.47. The van der Waals surface area contributed by atoms with Crippen LogP contribution in [0.5, 0.6) is 0 Å². The summed E-state index contributed by atoms with van der Waals surface area (Å²) in [5.41, 5.74) is 2.50. The van der Waals surface area contributed by atoms with Gasteiger partial charge in [0.05, 0.1) is 4.92 Å². The van der Waals surface area contributed by atoms with Crippen LogP contribution in [0.25, 0.3) is 0 Å². The van der Waals surface area contributed by atoms with E-state index in [1.54, 1.807) is 12.1 Å². The van der Waals surface area contributed by atoms with E-state index in [-0.39, 0.29) is 10.6 Å². The lowest BCUT2D eigenvalue weighted by atomic mass is 9.87. The molecule has 110 valence electrons. The molecule has 1 atom stereocenters. The summed E-state index contributed by atoms with van der Waals surface area (Å²) >= 11 is 0. The van der Waals surface area contributed by atoms with Gasteiger partial charge in [0.1, 0.15) is 0 Å². The molecule has 0 radical (unpaired) electrons. The molecule has 0 aromatic heterocycles. The number of nitrogens with one attached hydrogen (secondary N) is 1. The molecule has 1 aliphatic carbocycles. The van der Waals surface area contributed by atoms with E-state index in [9.17, 15) is 10.1 Å². The minimum absolute atomic E-state index is 0.243. The predicted octanol–water partition coefficient (Wildman–Crippen LogP) is 3.61. The van der Waals surface area contributed by atoms with Crippen LogP contribution >= 0.6 is 0 Å². The normalized spacial score (nSPS) is 17.8. The van der Waals surface area contributed by atoms with Crippen molar-refractivity contribution in [3.8, 4) is 0 Å². The number of hydrogen-bond acceptors (Lipinski definition) is 3. The smallest absolute Gasteiger partial charge is 0.272 e. The first-order valence-corrected chi connectivity index (χ1v) is 7.46. The van der Waals surface area contributed by atoms with Crippen molar-refractivity contribution >= 4 is 5.69 Å². The fraction of sp³-hybridized carbons (Fsp3) is 0.625. The van der Waals surface area contributed by atoms with Gasteiger partial charge in [-0.25, -0.2) is 0 Å². The van der Waals surface area contributed by atoms with Gasteiger partial charge in [-0.05, 0) is 57.1 Å². The molecule has 0 spiro atoms. The monoisotopic (exact) mass is 276 g/mol. The summed E-state index contributed by atoms with van der Waals surface area (Å²) in [6.45, 7) is 7.32. The molecule has 1 N–H and O–H groups in total. The Labute approximate surface area is 120 Å². The molecule has 1 unspecified atom stereocenters. The zero-order valence-electron chi connectivity index (χ0n) is 12.6. The fourth-order valence-electron chi connectivity index (χ4n) is 2.94. The van der Waals surface area contributed by atoms with Gasteiger partial charge >= 0.3 is 0 Å². The van der Waals surface area contributed by atoms with Gasteiger partial charge in [0, 0.05) is 17.7 Å². The molecule has 0 heterocycles. The number of nitrogens with zero attached hydrogens (tertiary/aromatic N) is 1. The number of benzene rings is 1. The zero-order valence-corrected chi connectivity index (χ0v) is 12.6. The van der Waals surface area contributed by atoms with Crippen LogP contribution in [0.15, 0.2) is 18.2 Å². The summed E-state index contributed by atoms with van der Waals surface area (Å²) in [6.07, 6.45) is 4.51. The van der Waals surface area contributed by atoms with Crippen LogP contribution in [0.4, 0.5) is 5.69 Å². The fourth-order valence-corrected chi connectivity index (χ4v) is 2.94. The zero-order chi connectivity index (χ0) is 14.8. The molecule has 4 heteroatoms. The molecular weight excluding hydrogens is 252 g/mol. The van der Waals surface area contributed by atoms with Crippen LogP contribution in [-0.2, 0) is 6.42 Å². The molecule has 4 nitrogen and oxygen atoms in total. The maximum Gasteiger partial charge on any atom is 0.272 e. The molecule has 0 aliphatic heterocycles. The van der Waals surface area contributed by atoms with Crippen LogP contribution in [0, 0.1) is 22.5 Å². The number of nitro groups is 1. The van der Waals surface area contributed by atoms with Gasteiger partial charge in [-0.3, -0.25) is 10.1 Å². The Morgan fingerprint density at radius 1 is 1.45 bits per heavy atom. The minimum atomic E-state index is -0.281. The van der Waals surface area contributed by atoms with Crippen LogP contribution in [0.1, 0.15) is 44.2 Å². The quantitative estimate of drug-likeness (QED) is 0.611. The molecule has 0 bridgehead atoms. The maximum atomic E-state index is 11.0. The van der Waals surface area contributed by atoms with Crippen molar-refractivity contribution in [3.05, 3.63) is 39.4 Å². The first-order valence-electron chi connectivity index (χ1n) is 7.46. The molecule has 1 saturated carbocycles. The van der Waals surface area contributed by atoms with Crippen molar-refractivity contribution in [1.29, 1.82) is 0 Å². The van der Waals surface area contributed by atoms with Gasteiger partial charge in [0.25, 0.3) is 5.69 Å². The molecule has 2 rings (SSSR count). The van der Waals surface area contributed by atoms with E-state index in [1.807, 2.05) is 13.0 Å². The Balaban J connectivity index is 2.14. The van der Waals surface area contributed by atoms with Gasteiger partial charge in [0.15, 0.2) is 0 Å². The van der Waals surface area contributed by atoms with Crippen molar-refractivity contribution in [1.82, 2.24) is 5.32 Å². The molecule has 20 heavy (non-hydrogen) atoms. The van der Waals surface area contributed by atoms with Crippen molar-refractivity contribution in [2.45, 2.75) is 52.5 Å². The molecule has 1 aromatic carbocycles. The second-order valence-corrected chi connectivity index (χ2v) is 6.03. The first kappa shape index (κ1) is 15.0. The van der Waals surface area contributed by atoms with E-state index in [4.69, 9.17) is 0 Å². The van der Waals surface area contributed by atoms with E-state index in [2.05, 4.69) is 19.2 Å². The van der Waals surface area contributed by atoms with Gasteiger partial charge in [-0.2, -0.15) is 0 Å². The standard InChI is InChI=1S/C16H24N2O2/c1-4-10-17-13(3)16(8-9-16)11-14-6-5-7-15(12(14)2)18(19)20/h5-7,13,17H,4,8-11H2,1-3H3. The number of hydrogen-bond donors (Lipinski definition) is 1. The Morgan fingerprint density at radius 2 is 2.15 bits per heavy atom. The maximum absolute atomic E-state index is 11.0. The largest absolute Gasteiger partial charge is 0.314 e. The highest BCUT2D eigenvalue weighted by atomic mass is 16.6. The summed E-state index contributed by atoms with van der Waals surface area (Å²) in [5.74, 6) is 0. The molecular formula is C16H24N2O2. The van der Waals surface area contributed by atoms with Crippen LogP contribution < -0.4 is 5.32 Å². The van der Waals surface area contributed by atoms with Crippen LogP contribution in [0.3, 0.4) is 0 Å². The third-order valence-electron chi connectivity index (χ3n) is 4.67. The lowest BCUT2D eigenvalue weighted by Gasteiger charge is -2.25. The van der Waals surface area contributed by atoms with Crippen molar-refractivity contribution in [2.24, 2.45) is 5.41 Å². The number of rotatable bonds is 7. The van der Waals surface area contributed by atoms with E-state index in [1.165, 1.54) is 12.8 Å². The van der Waals surface area contributed by atoms with Gasteiger partial charge in [-0.1, -0.05) is 19.1 Å². The highest BCUT2D eigenvalue weighted by molar-refractivity contribution is 5.45. The van der Waals surface area contributed by atoms with Gasteiger partial charge in [-0.15, -0.1) is 0 Å². The van der Waals surface area contributed by atoms with E-state index in [0.717, 1.165) is 30.5 Å². The predicted molar refractivity (Wildman–Crippen MR) is 81.0 cm³/mol. The topological polar surface area (TPSA) is 55.2 Å². The number of nitro benzene ring substituents is 1. The van der Waals surface area contributed by atoms with Gasteiger partial charge in [0.2, 0.25) is 0 Å². The highest BCUT2D eigenvalue weighted by Crippen LogP contribution is 2.51. The Kier molecular flexibility index (Phi) is 4.43. The second-order valence-electron chi connectivity index (χ2n) is 6.03. The summed E-state index contributed by atoms with van der Waals surface area (Å²) in [7, 11) is 0. The third-order valence-corrected chi connectivity index (χ3v) is 4.67. The first-order chi connectivity index (χ1) is 9.50. The molecule has 0 amide bonds. The summed E-state index contributed by atoms with van der Waals surface area (Å²) in [4.78, 5) is 10.7. The lowest BCUT2D eigenvalue weighted by Crippen LogP contribution is -2.36. The van der Waals surface area contributed by atoms with E-state index < -0.39 is 0 Å². The van der Waals surface area contributed by atoms with Crippen molar-refractivity contribution in [3.63, 3.8) is 0 Å². The molecule has 1 aromatic rings. The minimum Gasteiger partial charge on any atom is -0.314 e. The average molecular weight is 276 g/mol. The Morgan fingerprint density at radius 3 is 2.70 bits per heavy atom. The van der Waals surface area contributed by atoms with Crippen molar-refractivity contribution in [2.75, 3.05) is 6.54 Å². The average Bonchev–Trinajstić information content (AvgIpc) is 3.19. The molecule has 1 fully saturated rings. The SMILES string of the molecule is CCCNC(C)C1(Cc2cccc([N+](=O)[O-])c2C)CC1. The van der Waals surface area contributed by atoms with Gasteiger partial charge < -0.3 is 5.32 Å². The van der Waals surface area contributed by atoms with E-state index in [0.29, 0.717) is 11.5 Å². The molecule has 1 aliphatic rings. The van der Waals surface area contributed by atoms with E-state index >= 15 is 0 Å². The van der Waals surface area contributed by atoms with Crippen molar-refractivity contribution < 1.29 is 4.92 Å². The lowest BCUT2D eigenvalue weighted by molar-refractivity contribution is -0.385. The molecule has 0 saturated heterocycles. The summed E-state index contributed by atoms with van der Waals surface area (Å²) in [5, 5.41) is 14.6. The van der Waals surface area contributed by atoms with Crippen LogP contribution in [-0.4, -0.2) is 17.5 Å². The Hall–Kier alpha value is -1.42. The third kappa shape index (κ3) is 3.01. The van der Waals surface area contributed by atoms with Crippen LogP contribution in [0.2, 0.25) is 0 Å². The Bertz CT molecular complexity index is 495. The summed E-state index contributed by atoms with van der Waals surface area (Å²) in [6, 6.07) is 5.91.